The van der Waals surface area contributed by atoms with Gasteiger partial charge in [-0.05, 0) is 79.6 Å². The highest BCUT2D eigenvalue weighted by molar-refractivity contribution is 7.99. The lowest BCUT2D eigenvalue weighted by Gasteiger charge is -2.30. The van der Waals surface area contributed by atoms with Crippen molar-refractivity contribution < 1.29 is 14.3 Å². The van der Waals surface area contributed by atoms with Gasteiger partial charge in [0.15, 0.2) is 0 Å². The van der Waals surface area contributed by atoms with Crippen molar-refractivity contribution in [2.75, 3.05) is 33.0 Å². The van der Waals surface area contributed by atoms with Crippen LogP contribution in [0.4, 0.5) is 0 Å². The summed E-state index contributed by atoms with van der Waals surface area (Å²) in [4.78, 5) is 15.1. The molecule has 2 aromatic carbocycles. The van der Waals surface area contributed by atoms with Crippen LogP contribution in [0.2, 0.25) is 0 Å². The average Bonchev–Trinajstić information content (AvgIpc) is 2.73. The SMILES string of the molecule is COc1cccc2c1CCCC2CN(C)CCSc1ccc2c(c1)CCC(=O)O2. The number of benzene rings is 2. The predicted molar refractivity (Wildman–Crippen MR) is 117 cm³/mol. The summed E-state index contributed by atoms with van der Waals surface area (Å²) in [6.07, 6.45) is 4.88. The number of hydrogen-bond donors (Lipinski definition) is 0. The third kappa shape index (κ3) is 4.78. The summed E-state index contributed by atoms with van der Waals surface area (Å²) in [6.45, 7) is 2.13. The molecule has 1 heterocycles. The molecule has 1 atom stereocenters. The van der Waals surface area contributed by atoms with Gasteiger partial charge in [-0.3, -0.25) is 4.79 Å². The molecule has 0 N–H and O–H groups in total. The average molecular weight is 412 g/mol. The van der Waals surface area contributed by atoms with Crippen molar-refractivity contribution >= 4 is 17.7 Å². The van der Waals surface area contributed by atoms with Crippen LogP contribution in [0, 0.1) is 0 Å². The van der Waals surface area contributed by atoms with E-state index in [1.165, 1.54) is 28.9 Å². The van der Waals surface area contributed by atoms with Gasteiger partial charge in [-0.15, -0.1) is 11.8 Å². The van der Waals surface area contributed by atoms with Crippen molar-refractivity contribution in [2.24, 2.45) is 0 Å². The second-order valence-corrected chi connectivity index (χ2v) is 9.14. The van der Waals surface area contributed by atoms with Crippen molar-refractivity contribution in [1.29, 1.82) is 0 Å². The molecule has 1 aliphatic heterocycles. The lowest BCUT2D eigenvalue weighted by atomic mass is 9.82. The molecule has 0 saturated heterocycles. The number of rotatable bonds is 7. The predicted octanol–water partition coefficient (Wildman–Crippen LogP) is 4.69. The van der Waals surface area contributed by atoms with Crippen molar-refractivity contribution in [3.8, 4) is 11.5 Å². The number of hydrogen-bond acceptors (Lipinski definition) is 5. The van der Waals surface area contributed by atoms with Crippen LogP contribution in [0.25, 0.3) is 0 Å². The maximum Gasteiger partial charge on any atom is 0.311 e. The van der Waals surface area contributed by atoms with Crippen molar-refractivity contribution in [3.05, 3.63) is 53.1 Å². The Balaban J connectivity index is 1.30. The fourth-order valence-corrected chi connectivity index (χ4v) is 5.46. The standard InChI is InChI=1S/C24H29NO3S/c1-25(16-18-5-3-7-21-20(18)6-4-8-23(21)27-2)13-14-29-19-10-11-22-17(15-19)9-12-24(26)28-22/h4,6,8,10-11,15,18H,3,5,7,9,12-14,16H2,1-2H3. The molecular weight excluding hydrogens is 382 g/mol. The minimum absolute atomic E-state index is 0.124. The second kappa shape index (κ2) is 9.23. The van der Waals surface area contributed by atoms with Crippen molar-refractivity contribution in [2.45, 2.75) is 42.9 Å². The maximum absolute atomic E-state index is 11.4. The summed E-state index contributed by atoms with van der Waals surface area (Å²) in [5, 5.41) is 0. The summed E-state index contributed by atoms with van der Waals surface area (Å²) in [6, 6.07) is 12.7. The monoisotopic (exact) mass is 411 g/mol. The van der Waals surface area contributed by atoms with E-state index in [2.05, 4.69) is 42.3 Å². The molecule has 0 fully saturated rings. The smallest absolute Gasteiger partial charge is 0.311 e. The quantitative estimate of drug-likeness (QED) is 0.375. The Hall–Kier alpha value is -1.98. The molecule has 2 aromatic rings. The summed E-state index contributed by atoms with van der Waals surface area (Å²) in [5.74, 6) is 3.29. The zero-order valence-electron chi connectivity index (χ0n) is 17.3. The van der Waals surface area contributed by atoms with Gasteiger partial charge >= 0.3 is 5.97 Å². The molecule has 2 aliphatic rings. The molecular formula is C24H29NO3S. The van der Waals surface area contributed by atoms with E-state index in [0.29, 0.717) is 12.3 Å². The molecule has 0 radical (unpaired) electrons. The first kappa shape index (κ1) is 20.3. The Labute approximate surface area is 177 Å². The second-order valence-electron chi connectivity index (χ2n) is 7.97. The van der Waals surface area contributed by atoms with Gasteiger partial charge < -0.3 is 14.4 Å². The molecule has 0 bridgehead atoms. The molecule has 0 amide bonds. The van der Waals surface area contributed by atoms with Crippen LogP contribution in [0.3, 0.4) is 0 Å². The molecule has 4 rings (SSSR count). The highest BCUT2D eigenvalue weighted by Crippen LogP contribution is 2.37. The molecule has 1 unspecified atom stereocenters. The van der Waals surface area contributed by atoms with Crippen LogP contribution in [-0.2, 0) is 17.6 Å². The van der Waals surface area contributed by atoms with Gasteiger partial charge in [0, 0.05) is 23.7 Å². The lowest BCUT2D eigenvalue weighted by Crippen LogP contribution is -2.28. The number of thioether (sulfide) groups is 1. The molecule has 0 spiro atoms. The first-order valence-electron chi connectivity index (χ1n) is 10.4. The first-order valence-corrected chi connectivity index (χ1v) is 11.4. The zero-order valence-corrected chi connectivity index (χ0v) is 18.1. The van der Waals surface area contributed by atoms with Crippen molar-refractivity contribution in [1.82, 2.24) is 4.90 Å². The van der Waals surface area contributed by atoms with Gasteiger partial charge in [0.25, 0.3) is 0 Å². The molecule has 154 valence electrons. The van der Waals surface area contributed by atoms with Gasteiger partial charge in [0.2, 0.25) is 0 Å². The summed E-state index contributed by atoms with van der Waals surface area (Å²) < 4.78 is 10.9. The van der Waals surface area contributed by atoms with Gasteiger partial charge in [-0.2, -0.15) is 0 Å². The minimum atomic E-state index is -0.124. The minimum Gasteiger partial charge on any atom is -0.496 e. The third-order valence-electron chi connectivity index (χ3n) is 5.94. The van der Waals surface area contributed by atoms with Gasteiger partial charge in [0.1, 0.15) is 11.5 Å². The van der Waals surface area contributed by atoms with Crippen LogP contribution in [0.5, 0.6) is 11.5 Å². The normalized spacial score (nSPS) is 18.2. The Morgan fingerprint density at radius 3 is 2.97 bits per heavy atom. The Morgan fingerprint density at radius 1 is 1.21 bits per heavy atom. The molecule has 5 heteroatoms. The number of nitrogens with zero attached hydrogens (tertiary/aromatic N) is 1. The van der Waals surface area contributed by atoms with E-state index < -0.39 is 0 Å². The first-order chi connectivity index (χ1) is 14.1. The largest absolute Gasteiger partial charge is 0.496 e. The van der Waals surface area contributed by atoms with Crippen LogP contribution in [0.15, 0.2) is 41.3 Å². The fraction of sp³-hybridized carbons (Fsp3) is 0.458. The van der Waals surface area contributed by atoms with Crippen LogP contribution in [0.1, 0.15) is 41.9 Å². The highest BCUT2D eigenvalue weighted by atomic mass is 32.2. The number of carbonyl (C=O) groups excluding carboxylic acids is 1. The van der Waals surface area contributed by atoms with E-state index in [9.17, 15) is 4.79 Å². The zero-order chi connectivity index (χ0) is 20.2. The maximum atomic E-state index is 11.4. The molecule has 0 aromatic heterocycles. The summed E-state index contributed by atoms with van der Waals surface area (Å²) in [5.41, 5.74) is 4.03. The molecule has 0 saturated carbocycles. The molecule has 4 nitrogen and oxygen atoms in total. The fourth-order valence-electron chi connectivity index (χ4n) is 4.43. The Morgan fingerprint density at radius 2 is 2.10 bits per heavy atom. The Kier molecular flexibility index (Phi) is 6.46. The number of carbonyl (C=O) groups is 1. The third-order valence-corrected chi connectivity index (χ3v) is 6.91. The Bertz CT molecular complexity index is 882. The number of methoxy groups -OCH3 is 1. The lowest BCUT2D eigenvalue weighted by molar-refractivity contribution is -0.135. The summed E-state index contributed by atoms with van der Waals surface area (Å²) >= 11 is 1.87. The van der Waals surface area contributed by atoms with Crippen LogP contribution >= 0.6 is 11.8 Å². The van der Waals surface area contributed by atoms with Gasteiger partial charge in [-0.1, -0.05) is 12.1 Å². The number of ether oxygens (including phenoxy) is 2. The highest BCUT2D eigenvalue weighted by Gasteiger charge is 2.23. The molecule has 1 aliphatic carbocycles. The van der Waals surface area contributed by atoms with E-state index in [1.54, 1.807) is 7.11 Å². The van der Waals surface area contributed by atoms with E-state index in [1.807, 2.05) is 17.8 Å². The van der Waals surface area contributed by atoms with Crippen LogP contribution in [-0.4, -0.2) is 43.9 Å². The van der Waals surface area contributed by atoms with E-state index in [-0.39, 0.29) is 5.97 Å². The topological polar surface area (TPSA) is 38.8 Å². The van der Waals surface area contributed by atoms with Crippen molar-refractivity contribution in [3.63, 3.8) is 0 Å². The van der Waals surface area contributed by atoms with Crippen LogP contribution < -0.4 is 9.47 Å². The summed E-state index contributed by atoms with van der Waals surface area (Å²) in [7, 11) is 3.99. The number of esters is 1. The number of aryl methyl sites for hydroxylation is 1. The van der Waals surface area contributed by atoms with E-state index >= 15 is 0 Å². The van der Waals surface area contributed by atoms with Gasteiger partial charge in [0.05, 0.1) is 13.5 Å². The van der Waals surface area contributed by atoms with E-state index in [4.69, 9.17) is 9.47 Å². The van der Waals surface area contributed by atoms with E-state index in [0.717, 1.165) is 48.7 Å². The number of fused-ring (bicyclic) bond motifs is 2. The molecule has 29 heavy (non-hydrogen) atoms. The van der Waals surface area contributed by atoms with Gasteiger partial charge in [-0.25, -0.2) is 0 Å². The number of likely N-dealkylation sites (N-methyl/N-ethyl adjacent to an activating group) is 1.